The number of hydrogen-bond acceptors (Lipinski definition) is 5. The van der Waals surface area contributed by atoms with Crippen molar-refractivity contribution in [3.8, 4) is 0 Å². The van der Waals surface area contributed by atoms with Gasteiger partial charge in [0.1, 0.15) is 18.0 Å². The topological polar surface area (TPSA) is 59.8 Å². The van der Waals surface area contributed by atoms with Gasteiger partial charge in [-0.15, -0.1) is 5.10 Å². The molecule has 0 aliphatic carbocycles. The molecule has 3 aromatic rings. The van der Waals surface area contributed by atoms with Gasteiger partial charge < -0.3 is 5.32 Å². The van der Waals surface area contributed by atoms with Crippen molar-refractivity contribution in [2.45, 2.75) is 10.1 Å². The molecule has 0 saturated heterocycles. The largest absolute Gasteiger partial charge is 0.348 e. The number of carbonyl (C=O) groups is 1. The Morgan fingerprint density at radius 1 is 1.04 bits per heavy atom. The first kappa shape index (κ1) is 16.5. The zero-order chi connectivity index (χ0) is 16.9. The number of benzene rings is 2. The van der Waals surface area contributed by atoms with Crippen LogP contribution in [0.25, 0.3) is 0 Å². The Balaban J connectivity index is 1.63. The molecular weight excluding hydrogens is 354 g/mol. The van der Waals surface area contributed by atoms with Crippen LogP contribution in [0, 0.1) is 11.6 Å². The fourth-order valence-electron chi connectivity index (χ4n) is 1.75. The molecule has 1 amide bonds. The van der Waals surface area contributed by atoms with Crippen molar-refractivity contribution < 1.29 is 13.6 Å². The fourth-order valence-corrected chi connectivity index (χ4v) is 3.48. The van der Waals surface area contributed by atoms with Crippen LogP contribution in [0.5, 0.6) is 0 Å². The molecule has 0 bridgehead atoms. The van der Waals surface area contributed by atoms with E-state index in [0.29, 0.717) is 5.16 Å². The van der Waals surface area contributed by atoms with Crippen molar-refractivity contribution in [2.24, 2.45) is 0 Å². The van der Waals surface area contributed by atoms with Crippen LogP contribution in [-0.2, 0) is 0 Å². The highest BCUT2D eigenvalue weighted by Crippen LogP contribution is 2.34. The van der Waals surface area contributed by atoms with E-state index in [1.807, 2.05) is 30.3 Å². The number of rotatable bonds is 4. The van der Waals surface area contributed by atoms with Crippen LogP contribution in [-0.4, -0.2) is 20.8 Å². The van der Waals surface area contributed by atoms with Crippen molar-refractivity contribution in [1.82, 2.24) is 14.8 Å². The average molecular weight is 364 g/mol. The maximum atomic E-state index is 13.1. The van der Waals surface area contributed by atoms with E-state index >= 15 is 0 Å². The van der Waals surface area contributed by atoms with Gasteiger partial charge in [0.2, 0.25) is 5.16 Å². The second-order valence-electron chi connectivity index (χ2n) is 4.54. The summed E-state index contributed by atoms with van der Waals surface area (Å²) in [4.78, 5) is 17.1. The summed E-state index contributed by atoms with van der Waals surface area (Å²) >= 11 is 0. The second kappa shape index (κ2) is 7.45. The molecule has 3 rings (SSSR count). The lowest BCUT2D eigenvalue weighted by Gasteiger charge is -2.04. The van der Waals surface area contributed by atoms with Gasteiger partial charge in [0.05, 0.1) is 0 Å². The number of hydrogen-bond donors (Lipinski definition) is 1. The van der Waals surface area contributed by atoms with E-state index in [1.54, 1.807) is 0 Å². The van der Waals surface area contributed by atoms with E-state index in [9.17, 15) is 13.6 Å². The summed E-state index contributed by atoms with van der Waals surface area (Å²) in [6.45, 7) is 0. The Morgan fingerprint density at radius 2 is 1.75 bits per heavy atom. The van der Waals surface area contributed by atoms with Crippen LogP contribution in [0.3, 0.4) is 0 Å². The minimum atomic E-state index is -0.778. The lowest BCUT2D eigenvalue weighted by atomic mass is 10.3. The summed E-state index contributed by atoms with van der Waals surface area (Å²) in [5, 5.41) is 6.76. The van der Waals surface area contributed by atoms with Crippen LogP contribution in [0.15, 0.2) is 64.9 Å². The third-order valence-corrected chi connectivity index (χ3v) is 4.91. The molecule has 9 heteroatoms. The summed E-state index contributed by atoms with van der Waals surface area (Å²) in [6.07, 6.45) is 1.23. The normalized spacial score (nSPS) is 10.6. The lowest BCUT2D eigenvalue weighted by Crippen LogP contribution is -2.20. The first-order valence-corrected chi connectivity index (χ1v) is 8.84. The molecule has 0 fully saturated rings. The van der Waals surface area contributed by atoms with Crippen LogP contribution in [0.4, 0.5) is 19.3 Å². The van der Waals surface area contributed by atoms with Gasteiger partial charge in [-0.2, -0.15) is 4.68 Å². The Kier molecular flexibility index (Phi) is 5.11. The first-order chi connectivity index (χ1) is 11.6. The van der Waals surface area contributed by atoms with Gasteiger partial charge in [-0.1, -0.05) is 18.2 Å². The van der Waals surface area contributed by atoms with Gasteiger partial charge in [0.15, 0.2) is 0 Å². The fraction of sp³-hybridized carbons (Fsp3) is 0. The van der Waals surface area contributed by atoms with Crippen molar-refractivity contribution in [3.63, 3.8) is 0 Å². The molecule has 0 saturated carbocycles. The van der Waals surface area contributed by atoms with Crippen LogP contribution in [0.2, 0.25) is 0 Å². The van der Waals surface area contributed by atoms with Crippen molar-refractivity contribution in [2.75, 3.05) is 5.32 Å². The number of anilines is 1. The van der Waals surface area contributed by atoms with E-state index < -0.39 is 17.7 Å². The number of nitrogens with one attached hydrogen (secondary N) is 1. The number of amides is 1. The molecule has 1 aromatic heterocycles. The van der Waals surface area contributed by atoms with Crippen LogP contribution < -0.4 is 5.32 Å². The van der Waals surface area contributed by atoms with E-state index in [1.165, 1.54) is 27.9 Å². The molecule has 0 aliphatic rings. The van der Waals surface area contributed by atoms with E-state index in [2.05, 4.69) is 15.4 Å². The molecule has 0 atom stereocenters. The van der Waals surface area contributed by atoms with Gasteiger partial charge in [-0.05, 0) is 45.9 Å². The van der Waals surface area contributed by atoms with Crippen molar-refractivity contribution in [3.05, 3.63) is 66.5 Å². The summed E-state index contributed by atoms with van der Waals surface area (Å²) < 4.78 is 27.2. The zero-order valence-electron chi connectivity index (χ0n) is 12.0. The molecule has 122 valence electrons. The highest BCUT2D eigenvalue weighted by atomic mass is 33.1. The number of nitrogens with zero attached hydrogens (tertiary/aromatic N) is 3. The number of halogens is 2. The highest BCUT2D eigenvalue weighted by molar-refractivity contribution is 8.76. The van der Waals surface area contributed by atoms with E-state index in [0.717, 1.165) is 27.8 Å². The van der Waals surface area contributed by atoms with Crippen molar-refractivity contribution in [1.29, 1.82) is 0 Å². The Morgan fingerprint density at radius 3 is 2.46 bits per heavy atom. The third kappa shape index (κ3) is 4.33. The summed E-state index contributed by atoms with van der Waals surface area (Å²) in [6, 6.07) is 11.7. The molecule has 1 heterocycles. The second-order valence-corrected chi connectivity index (χ2v) is 6.71. The smallest absolute Gasteiger partial charge is 0.306 e. The average Bonchev–Trinajstić information content (AvgIpc) is 3.02. The monoisotopic (exact) mass is 364 g/mol. The van der Waals surface area contributed by atoms with Crippen molar-refractivity contribution >= 4 is 33.3 Å². The Bertz CT molecular complexity index is 837. The predicted octanol–water partition coefficient (Wildman–Crippen LogP) is 4.44. The molecular formula is C15H10F2N4OS2. The summed E-state index contributed by atoms with van der Waals surface area (Å²) in [5.41, 5.74) is 0.000800. The number of carbonyl (C=O) groups excluding carboxylic acids is 1. The molecule has 0 aliphatic heterocycles. The lowest BCUT2D eigenvalue weighted by molar-refractivity contribution is 0.250. The quantitative estimate of drug-likeness (QED) is 0.694. The Labute approximate surface area is 143 Å². The molecule has 0 unspecified atom stereocenters. The standard InChI is InChI=1S/C15H10F2N4OS2/c16-10-6-11(17)8-12(7-10)19-15(22)21-9-18-14(20-21)24-23-13-4-2-1-3-5-13/h1-9H,(H,19,22). The summed E-state index contributed by atoms with van der Waals surface area (Å²) in [7, 11) is 2.75. The summed E-state index contributed by atoms with van der Waals surface area (Å²) in [5.74, 6) is -1.56. The highest BCUT2D eigenvalue weighted by Gasteiger charge is 2.11. The first-order valence-electron chi connectivity index (χ1n) is 6.69. The minimum absolute atomic E-state index is 0.000800. The molecule has 24 heavy (non-hydrogen) atoms. The zero-order valence-corrected chi connectivity index (χ0v) is 13.7. The Hall–Kier alpha value is -2.39. The third-order valence-electron chi connectivity index (χ3n) is 2.75. The van der Waals surface area contributed by atoms with E-state index in [4.69, 9.17) is 0 Å². The van der Waals surface area contributed by atoms with Gasteiger partial charge in [0, 0.05) is 16.6 Å². The predicted molar refractivity (Wildman–Crippen MR) is 89.0 cm³/mol. The van der Waals surface area contributed by atoms with E-state index in [-0.39, 0.29) is 5.69 Å². The molecule has 0 radical (unpaired) electrons. The molecule has 1 N–H and O–H groups in total. The number of aromatic nitrogens is 3. The molecule has 2 aromatic carbocycles. The minimum Gasteiger partial charge on any atom is -0.306 e. The maximum absolute atomic E-state index is 13.1. The van der Waals surface area contributed by atoms with Gasteiger partial charge >= 0.3 is 6.03 Å². The van der Waals surface area contributed by atoms with Gasteiger partial charge in [-0.3, -0.25) is 0 Å². The van der Waals surface area contributed by atoms with Gasteiger partial charge in [0.25, 0.3) is 0 Å². The molecule has 5 nitrogen and oxygen atoms in total. The molecule has 0 spiro atoms. The maximum Gasteiger partial charge on any atom is 0.348 e. The van der Waals surface area contributed by atoms with Crippen LogP contribution >= 0.6 is 21.6 Å². The van der Waals surface area contributed by atoms with Crippen LogP contribution in [0.1, 0.15) is 0 Å². The van der Waals surface area contributed by atoms with Gasteiger partial charge in [-0.25, -0.2) is 18.6 Å². The SMILES string of the molecule is O=C(Nc1cc(F)cc(F)c1)n1cnc(SSc2ccccc2)n1.